The molecular weight excluding hydrogens is 268 g/mol. The molecule has 0 N–H and O–H groups in total. The van der Waals surface area contributed by atoms with Crippen LogP contribution in [0.1, 0.15) is 27.7 Å². The van der Waals surface area contributed by atoms with E-state index in [1.54, 1.807) is 6.92 Å². The summed E-state index contributed by atoms with van der Waals surface area (Å²) in [7, 11) is 0. The minimum atomic E-state index is -0.535. The summed E-state index contributed by atoms with van der Waals surface area (Å²) in [6, 6.07) is 0. The van der Waals surface area contributed by atoms with Gasteiger partial charge in [-0.1, -0.05) is 0 Å². The van der Waals surface area contributed by atoms with Gasteiger partial charge in [0.25, 0.3) is 0 Å². The number of carbonyl (C=O) groups is 3. The predicted octanol–water partition coefficient (Wildman–Crippen LogP) is 0.448. The van der Waals surface area contributed by atoms with Crippen molar-refractivity contribution in [3.63, 3.8) is 0 Å². The van der Waals surface area contributed by atoms with Crippen molar-refractivity contribution in [1.82, 2.24) is 0 Å². The Morgan fingerprint density at radius 3 is 2.00 bits per heavy atom. The van der Waals surface area contributed by atoms with Gasteiger partial charge in [0.2, 0.25) is 0 Å². The standard InChI is InChI=1S/C13H20O7/c1-7-13(20-10(4)16)11(5-17-8(2)14)12(19-7)6-18-9(3)15/h7,11-13H,5-6H2,1-4H3/t7-,11+,12+,13-/m0/s1. The summed E-state index contributed by atoms with van der Waals surface area (Å²) in [5.41, 5.74) is 0. The summed E-state index contributed by atoms with van der Waals surface area (Å²) >= 11 is 0. The second-order valence-electron chi connectivity index (χ2n) is 4.72. The van der Waals surface area contributed by atoms with Crippen LogP contribution in [-0.2, 0) is 33.3 Å². The molecule has 1 heterocycles. The van der Waals surface area contributed by atoms with Crippen molar-refractivity contribution < 1.29 is 33.3 Å². The zero-order valence-electron chi connectivity index (χ0n) is 12.1. The molecule has 1 aliphatic rings. The highest BCUT2D eigenvalue weighted by Gasteiger charge is 2.45. The summed E-state index contributed by atoms with van der Waals surface area (Å²) in [4.78, 5) is 32.9. The van der Waals surface area contributed by atoms with Gasteiger partial charge in [0.05, 0.1) is 12.0 Å². The van der Waals surface area contributed by atoms with E-state index >= 15 is 0 Å². The summed E-state index contributed by atoms with van der Waals surface area (Å²) < 4.78 is 20.7. The highest BCUT2D eigenvalue weighted by atomic mass is 16.6. The molecule has 1 saturated heterocycles. The maximum Gasteiger partial charge on any atom is 0.303 e. The Bertz CT molecular complexity index is 379. The largest absolute Gasteiger partial charge is 0.465 e. The van der Waals surface area contributed by atoms with Crippen LogP contribution < -0.4 is 0 Å². The lowest BCUT2D eigenvalue weighted by Crippen LogP contribution is -2.36. The molecule has 0 spiro atoms. The Kier molecular flexibility index (Phi) is 5.94. The Morgan fingerprint density at radius 1 is 0.950 bits per heavy atom. The van der Waals surface area contributed by atoms with Crippen LogP contribution >= 0.6 is 0 Å². The molecule has 114 valence electrons. The van der Waals surface area contributed by atoms with Gasteiger partial charge in [0.15, 0.2) is 0 Å². The Hall–Kier alpha value is -1.63. The highest BCUT2D eigenvalue weighted by molar-refractivity contribution is 5.67. The lowest BCUT2D eigenvalue weighted by atomic mass is 9.97. The fraction of sp³-hybridized carbons (Fsp3) is 0.769. The fourth-order valence-electron chi connectivity index (χ4n) is 2.17. The van der Waals surface area contributed by atoms with Gasteiger partial charge in [0.1, 0.15) is 25.4 Å². The number of ether oxygens (including phenoxy) is 4. The van der Waals surface area contributed by atoms with E-state index in [9.17, 15) is 14.4 Å². The monoisotopic (exact) mass is 288 g/mol. The van der Waals surface area contributed by atoms with Crippen LogP contribution in [0.5, 0.6) is 0 Å². The zero-order chi connectivity index (χ0) is 15.3. The highest BCUT2D eigenvalue weighted by Crippen LogP contribution is 2.30. The second-order valence-corrected chi connectivity index (χ2v) is 4.72. The topological polar surface area (TPSA) is 88.1 Å². The minimum Gasteiger partial charge on any atom is -0.465 e. The average molecular weight is 288 g/mol. The first-order valence-electron chi connectivity index (χ1n) is 6.40. The van der Waals surface area contributed by atoms with Crippen LogP contribution in [0.3, 0.4) is 0 Å². The molecule has 0 saturated carbocycles. The summed E-state index contributed by atoms with van der Waals surface area (Å²) in [6.45, 7) is 5.72. The number of hydrogen-bond donors (Lipinski definition) is 0. The maximum atomic E-state index is 11.1. The number of esters is 3. The fourth-order valence-corrected chi connectivity index (χ4v) is 2.17. The van der Waals surface area contributed by atoms with Gasteiger partial charge in [-0.15, -0.1) is 0 Å². The van der Waals surface area contributed by atoms with Crippen molar-refractivity contribution >= 4 is 17.9 Å². The maximum absolute atomic E-state index is 11.1. The van der Waals surface area contributed by atoms with Crippen molar-refractivity contribution in [3.8, 4) is 0 Å². The molecule has 7 heteroatoms. The van der Waals surface area contributed by atoms with Crippen molar-refractivity contribution in [2.75, 3.05) is 13.2 Å². The normalized spacial score (nSPS) is 28.8. The number of rotatable bonds is 5. The molecule has 0 aromatic heterocycles. The number of hydrogen-bond acceptors (Lipinski definition) is 7. The van der Waals surface area contributed by atoms with E-state index in [1.807, 2.05) is 0 Å². The molecule has 1 rings (SSSR count). The van der Waals surface area contributed by atoms with Gasteiger partial charge in [-0.3, -0.25) is 14.4 Å². The SMILES string of the molecule is CC(=O)OC[C@H]1[C@@H](OC(C)=O)[C@H](C)O[C@@H]1COC(C)=O. The van der Waals surface area contributed by atoms with Gasteiger partial charge in [-0.25, -0.2) is 0 Å². The quantitative estimate of drug-likeness (QED) is 0.536. The van der Waals surface area contributed by atoms with Gasteiger partial charge in [-0.05, 0) is 6.92 Å². The lowest BCUT2D eigenvalue weighted by molar-refractivity contribution is -0.153. The van der Waals surface area contributed by atoms with Crippen molar-refractivity contribution in [1.29, 1.82) is 0 Å². The van der Waals surface area contributed by atoms with Crippen molar-refractivity contribution in [3.05, 3.63) is 0 Å². The molecular formula is C13H20O7. The third-order valence-electron chi connectivity index (χ3n) is 2.98. The van der Waals surface area contributed by atoms with E-state index in [2.05, 4.69) is 0 Å². The first-order valence-corrected chi connectivity index (χ1v) is 6.40. The molecule has 0 radical (unpaired) electrons. The van der Waals surface area contributed by atoms with Gasteiger partial charge in [0, 0.05) is 20.8 Å². The molecule has 0 aromatic carbocycles. The van der Waals surface area contributed by atoms with E-state index in [1.165, 1.54) is 20.8 Å². The van der Waals surface area contributed by atoms with Crippen LogP contribution in [-0.4, -0.2) is 49.4 Å². The predicted molar refractivity (Wildman–Crippen MR) is 66.6 cm³/mol. The van der Waals surface area contributed by atoms with Gasteiger partial charge >= 0.3 is 17.9 Å². The Balaban J connectivity index is 2.73. The molecule has 4 atom stereocenters. The molecule has 0 amide bonds. The second kappa shape index (κ2) is 7.23. The van der Waals surface area contributed by atoms with Crippen LogP contribution in [0.4, 0.5) is 0 Å². The van der Waals surface area contributed by atoms with E-state index < -0.39 is 30.1 Å². The van der Waals surface area contributed by atoms with E-state index in [0.29, 0.717) is 0 Å². The summed E-state index contributed by atoms with van der Waals surface area (Å²) in [5.74, 6) is -1.66. The lowest BCUT2D eigenvalue weighted by Gasteiger charge is -2.22. The molecule has 20 heavy (non-hydrogen) atoms. The first kappa shape index (κ1) is 16.4. The van der Waals surface area contributed by atoms with Crippen LogP contribution in [0.2, 0.25) is 0 Å². The molecule has 0 bridgehead atoms. The van der Waals surface area contributed by atoms with E-state index in [-0.39, 0.29) is 25.2 Å². The van der Waals surface area contributed by atoms with Crippen LogP contribution in [0, 0.1) is 5.92 Å². The first-order chi connectivity index (χ1) is 9.31. The van der Waals surface area contributed by atoms with Gasteiger partial charge < -0.3 is 18.9 Å². The molecule has 0 unspecified atom stereocenters. The molecule has 1 fully saturated rings. The average Bonchev–Trinajstić information content (AvgIpc) is 2.60. The number of carbonyl (C=O) groups excluding carboxylic acids is 3. The van der Waals surface area contributed by atoms with Crippen molar-refractivity contribution in [2.24, 2.45) is 5.92 Å². The molecule has 7 nitrogen and oxygen atoms in total. The molecule has 1 aliphatic heterocycles. The van der Waals surface area contributed by atoms with E-state index in [4.69, 9.17) is 18.9 Å². The third kappa shape index (κ3) is 4.80. The Labute approximate surface area is 117 Å². The molecule has 0 aromatic rings. The van der Waals surface area contributed by atoms with E-state index in [0.717, 1.165) is 0 Å². The van der Waals surface area contributed by atoms with Crippen molar-refractivity contribution in [2.45, 2.75) is 46.0 Å². The Morgan fingerprint density at radius 2 is 1.50 bits per heavy atom. The summed E-state index contributed by atoms with van der Waals surface area (Å²) in [5, 5.41) is 0. The van der Waals surface area contributed by atoms with Crippen LogP contribution in [0.25, 0.3) is 0 Å². The minimum absolute atomic E-state index is 0.0311. The molecule has 0 aliphatic carbocycles. The van der Waals surface area contributed by atoms with Gasteiger partial charge in [-0.2, -0.15) is 0 Å². The smallest absolute Gasteiger partial charge is 0.303 e. The van der Waals surface area contributed by atoms with Crippen LogP contribution in [0.15, 0.2) is 0 Å². The zero-order valence-corrected chi connectivity index (χ0v) is 12.1. The summed E-state index contributed by atoms with van der Waals surface area (Å²) in [6.07, 6.45) is -1.37. The third-order valence-corrected chi connectivity index (χ3v) is 2.98.